The fraction of sp³-hybridized carbons (Fsp3) is 0.0833. The van der Waals surface area contributed by atoms with Crippen molar-refractivity contribution in [3.05, 3.63) is 54.0 Å². The summed E-state index contributed by atoms with van der Waals surface area (Å²) in [6.45, 7) is 0. The number of rotatable bonds is 3. The lowest BCUT2D eigenvalue weighted by molar-refractivity contribution is 0.530. The van der Waals surface area contributed by atoms with Crippen LogP contribution in [-0.4, -0.2) is 0 Å². The standard InChI is InChI=1S/C12H9NOS/c13-8-10-4-1-2-6-12(10)15-9-11-5-3-7-14-11/h1-7H,9H2. The molecule has 2 rings (SSSR count). The number of furan rings is 1. The molecule has 0 saturated heterocycles. The van der Waals surface area contributed by atoms with E-state index in [2.05, 4.69) is 6.07 Å². The molecule has 3 heteroatoms. The Morgan fingerprint density at radius 1 is 1.20 bits per heavy atom. The van der Waals surface area contributed by atoms with Crippen LogP contribution in [0.2, 0.25) is 0 Å². The molecule has 2 aromatic rings. The molecule has 2 nitrogen and oxygen atoms in total. The summed E-state index contributed by atoms with van der Waals surface area (Å²) >= 11 is 1.61. The molecule has 0 saturated carbocycles. The molecule has 0 spiro atoms. The van der Waals surface area contributed by atoms with Gasteiger partial charge in [-0.25, -0.2) is 0 Å². The minimum atomic E-state index is 0.717. The van der Waals surface area contributed by atoms with Crippen molar-refractivity contribution in [2.75, 3.05) is 0 Å². The van der Waals surface area contributed by atoms with Gasteiger partial charge < -0.3 is 4.42 Å². The van der Waals surface area contributed by atoms with Crippen LogP contribution in [0.5, 0.6) is 0 Å². The minimum absolute atomic E-state index is 0.717. The second-order valence-electron chi connectivity index (χ2n) is 2.98. The van der Waals surface area contributed by atoms with E-state index in [1.807, 2.05) is 36.4 Å². The number of thioether (sulfide) groups is 1. The van der Waals surface area contributed by atoms with Crippen LogP contribution >= 0.6 is 11.8 Å². The number of nitrogens with zero attached hydrogens (tertiary/aromatic N) is 1. The van der Waals surface area contributed by atoms with Gasteiger partial charge in [-0.3, -0.25) is 0 Å². The van der Waals surface area contributed by atoms with Crippen LogP contribution in [0.4, 0.5) is 0 Å². The SMILES string of the molecule is N#Cc1ccccc1SCc1ccco1. The Morgan fingerprint density at radius 2 is 2.07 bits per heavy atom. The molecule has 0 atom stereocenters. The zero-order valence-electron chi connectivity index (χ0n) is 8.01. The molecule has 1 heterocycles. The molecule has 74 valence electrons. The van der Waals surface area contributed by atoms with Crippen LogP contribution in [0, 0.1) is 11.3 Å². The van der Waals surface area contributed by atoms with Crippen LogP contribution in [0.25, 0.3) is 0 Å². The summed E-state index contributed by atoms with van der Waals surface area (Å²) in [5.74, 6) is 1.68. The van der Waals surface area contributed by atoms with Crippen molar-refractivity contribution >= 4 is 11.8 Å². The van der Waals surface area contributed by atoms with Crippen molar-refractivity contribution in [3.63, 3.8) is 0 Å². The Hall–Kier alpha value is -1.66. The number of benzene rings is 1. The predicted molar refractivity (Wildman–Crippen MR) is 59.4 cm³/mol. The average Bonchev–Trinajstić information content (AvgIpc) is 2.79. The van der Waals surface area contributed by atoms with E-state index in [0.29, 0.717) is 5.56 Å². The van der Waals surface area contributed by atoms with Gasteiger partial charge in [0.15, 0.2) is 0 Å². The van der Waals surface area contributed by atoms with Crippen molar-refractivity contribution in [3.8, 4) is 6.07 Å². The van der Waals surface area contributed by atoms with Gasteiger partial charge in [-0.1, -0.05) is 12.1 Å². The molecule has 0 fully saturated rings. The summed E-state index contributed by atoms with van der Waals surface area (Å²) in [4.78, 5) is 0.997. The smallest absolute Gasteiger partial charge is 0.113 e. The van der Waals surface area contributed by atoms with Gasteiger partial charge in [0, 0.05) is 4.90 Å². The zero-order valence-corrected chi connectivity index (χ0v) is 8.83. The first-order valence-electron chi connectivity index (χ1n) is 4.54. The molecule has 0 N–H and O–H groups in total. The third-order valence-corrected chi connectivity index (χ3v) is 3.05. The van der Waals surface area contributed by atoms with E-state index in [9.17, 15) is 0 Å². The third kappa shape index (κ3) is 2.42. The molecule has 0 aliphatic rings. The molecule has 0 aliphatic carbocycles. The first-order valence-corrected chi connectivity index (χ1v) is 5.53. The second-order valence-corrected chi connectivity index (χ2v) is 3.99. The van der Waals surface area contributed by atoms with Crippen LogP contribution in [0.3, 0.4) is 0 Å². The highest BCUT2D eigenvalue weighted by atomic mass is 32.2. The first kappa shape index (κ1) is 9.88. The third-order valence-electron chi connectivity index (χ3n) is 1.96. The summed E-state index contributed by atoms with van der Waals surface area (Å²) in [7, 11) is 0. The van der Waals surface area contributed by atoms with Crippen molar-refractivity contribution in [2.45, 2.75) is 10.6 Å². The number of nitriles is 1. The van der Waals surface area contributed by atoms with E-state index in [0.717, 1.165) is 16.4 Å². The Labute approximate surface area is 92.5 Å². The van der Waals surface area contributed by atoms with E-state index in [1.165, 1.54) is 0 Å². The lowest BCUT2D eigenvalue weighted by Gasteiger charge is -2.00. The van der Waals surface area contributed by atoms with Gasteiger partial charge in [0.2, 0.25) is 0 Å². The van der Waals surface area contributed by atoms with Gasteiger partial charge in [-0.2, -0.15) is 5.26 Å². The summed E-state index contributed by atoms with van der Waals surface area (Å²) in [5, 5.41) is 8.89. The maximum absolute atomic E-state index is 8.89. The van der Waals surface area contributed by atoms with E-state index < -0.39 is 0 Å². The van der Waals surface area contributed by atoms with Crippen molar-refractivity contribution in [2.24, 2.45) is 0 Å². The van der Waals surface area contributed by atoms with Crippen LogP contribution in [-0.2, 0) is 5.75 Å². The Kier molecular flexibility index (Phi) is 3.11. The molecule has 0 radical (unpaired) electrons. The Morgan fingerprint density at radius 3 is 2.80 bits per heavy atom. The zero-order chi connectivity index (χ0) is 10.5. The molecule has 0 amide bonds. The Bertz CT molecular complexity index is 471. The average molecular weight is 215 g/mol. The minimum Gasteiger partial charge on any atom is -0.468 e. The van der Waals surface area contributed by atoms with Crippen molar-refractivity contribution in [1.29, 1.82) is 5.26 Å². The summed E-state index contributed by atoms with van der Waals surface area (Å²) in [5.41, 5.74) is 0.717. The number of hydrogen-bond acceptors (Lipinski definition) is 3. The van der Waals surface area contributed by atoms with E-state index in [1.54, 1.807) is 18.0 Å². The van der Waals surface area contributed by atoms with Gasteiger partial charge in [-0.05, 0) is 24.3 Å². The highest BCUT2D eigenvalue weighted by Gasteiger charge is 2.02. The van der Waals surface area contributed by atoms with Gasteiger partial charge in [0.25, 0.3) is 0 Å². The van der Waals surface area contributed by atoms with E-state index in [-0.39, 0.29) is 0 Å². The summed E-state index contributed by atoms with van der Waals surface area (Å²) in [6.07, 6.45) is 1.66. The first-order chi connectivity index (χ1) is 7.40. The van der Waals surface area contributed by atoms with Gasteiger partial charge >= 0.3 is 0 Å². The molecule has 1 aromatic heterocycles. The normalized spacial score (nSPS) is 9.80. The summed E-state index contributed by atoms with van der Waals surface area (Å²) < 4.78 is 5.22. The molecule has 0 unspecified atom stereocenters. The lowest BCUT2D eigenvalue weighted by atomic mass is 10.2. The predicted octanol–water partition coefficient (Wildman–Crippen LogP) is 3.44. The van der Waals surface area contributed by atoms with Crippen molar-refractivity contribution < 1.29 is 4.42 Å². The highest BCUT2D eigenvalue weighted by Crippen LogP contribution is 2.25. The quantitative estimate of drug-likeness (QED) is 0.736. The van der Waals surface area contributed by atoms with Gasteiger partial charge in [-0.15, -0.1) is 11.8 Å². The molecular weight excluding hydrogens is 206 g/mol. The lowest BCUT2D eigenvalue weighted by Crippen LogP contribution is -1.81. The fourth-order valence-electron chi connectivity index (χ4n) is 1.23. The fourth-order valence-corrected chi connectivity index (χ4v) is 2.13. The van der Waals surface area contributed by atoms with E-state index in [4.69, 9.17) is 9.68 Å². The topological polar surface area (TPSA) is 36.9 Å². The maximum atomic E-state index is 8.89. The molecule has 1 aromatic carbocycles. The van der Waals surface area contributed by atoms with Crippen molar-refractivity contribution in [1.82, 2.24) is 0 Å². The second kappa shape index (κ2) is 4.72. The summed E-state index contributed by atoms with van der Waals surface area (Å²) in [6, 6.07) is 13.6. The van der Waals surface area contributed by atoms with Crippen LogP contribution < -0.4 is 0 Å². The maximum Gasteiger partial charge on any atom is 0.113 e. The molecular formula is C12H9NOS. The van der Waals surface area contributed by atoms with Crippen LogP contribution in [0.1, 0.15) is 11.3 Å². The number of hydrogen-bond donors (Lipinski definition) is 0. The molecule has 15 heavy (non-hydrogen) atoms. The monoisotopic (exact) mass is 215 g/mol. The largest absolute Gasteiger partial charge is 0.468 e. The molecule has 0 bridgehead atoms. The molecule has 0 aliphatic heterocycles. The van der Waals surface area contributed by atoms with Gasteiger partial charge in [0.1, 0.15) is 11.8 Å². The highest BCUT2D eigenvalue weighted by molar-refractivity contribution is 7.98. The van der Waals surface area contributed by atoms with Gasteiger partial charge in [0.05, 0.1) is 17.6 Å². The van der Waals surface area contributed by atoms with E-state index >= 15 is 0 Å². The van der Waals surface area contributed by atoms with Crippen LogP contribution in [0.15, 0.2) is 52.0 Å². The Balaban J connectivity index is 2.08.